The zero-order valence-electron chi connectivity index (χ0n) is 16.4. The largest absolute Gasteiger partial charge is 0.434 e. The van der Waals surface area contributed by atoms with Crippen LogP contribution in [0.15, 0.2) is 6.20 Å². The van der Waals surface area contributed by atoms with Crippen LogP contribution in [0.5, 0.6) is 0 Å². The Morgan fingerprint density at radius 2 is 1.97 bits per heavy atom. The molecule has 164 valence electrons. The van der Waals surface area contributed by atoms with E-state index in [1.807, 2.05) is 0 Å². The molecular formula is C20H25F3N4O3. The SMILES string of the molecule is O=C(NC1C2CC3CC1CC(O)(C3)C2)c1cnc(N[C@@H]2CCOC2)nc1C(F)(F)F. The second-order valence-corrected chi connectivity index (χ2v) is 9.35. The van der Waals surface area contributed by atoms with Gasteiger partial charge in [-0.15, -0.1) is 0 Å². The first kappa shape index (κ1) is 20.0. The van der Waals surface area contributed by atoms with Crippen molar-refractivity contribution in [1.29, 1.82) is 0 Å². The molecular weight excluding hydrogens is 401 g/mol. The Labute approximate surface area is 171 Å². The topological polar surface area (TPSA) is 96.4 Å². The lowest BCUT2D eigenvalue weighted by Crippen LogP contribution is -2.61. The molecule has 5 fully saturated rings. The zero-order chi connectivity index (χ0) is 21.1. The van der Waals surface area contributed by atoms with Gasteiger partial charge in [-0.05, 0) is 56.3 Å². The van der Waals surface area contributed by atoms with Crippen LogP contribution in [0.1, 0.15) is 54.6 Å². The van der Waals surface area contributed by atoms with Gasteiger partial charge in [-0.1, -0.05) is 0 Å². The lowest BCUT2D eigenvalue weighted by Gasteiger charge is -2.58. The van der Waals surface area contributed by atoms with Crippen molar-refractivity contribution in [3.63, 3.8) is 0 Å². The number of hydrogen-bond acceptors (Lipinski definition) is 6. The van der Waals surface area contributed by atoms with Gasteiger partial charge >= 0.3 is 6.18 Å². The molecule has 3 atom stereocenters. The molecule has 30 heavy (non-hydrogen) atoms. The summed E-state index contributed by atoms with van der Waals surface area (Å²) in [6.45, 7) is 0.911. The lowest BCUT2D eigenvalue weighted by atomic mass is 9.52. The van der Waals surface area contributed by atoms with E-state index in [0.717, 1.165) is 25.5 Å². The van der Waals surface area contributed by atoms with Crippen LogP contribution in [0.25, 0.3) is 0 Å². The van der Waals surface area contributed by atoms with E-state index in [-0.39, 0.29) is 29.9 Å². The fourth-order valence-electron chi connectivity index (χ4n) is 6.11. The predicted molar refractivity (Wildman–Crippen MR) is 99.6 cm³/mol. The quantitative estimate of drug-likeness (QED) is 0.684. The van der Waals surface area contributed by atoms with Gasteiger partial charge in [0.05, 0.1) is 23.8 Å². The van der Waals surface area contributed by atoms with Gasteiger partial charge in [0.1, 0.15) is 0 Å². The number of amides is 1. The average Bonchev–Trinajstić information content (AvgIpc) is 3.15. The normalized spacial score (nSPS) is 37.4. The van der Waals surface area contributed by atoms with Gasteiger partial charge in [0.15, 0.2) is 5.69 Å². The Bertz CT molecular complexity index is 827. The van der Waals surface area contributed by atoms with E-state index in [1.165, 1.54) is 0 Å². The van der Waals surface area contributed by atoms with Crippen LogP contribution < -0.4 is 10.6 Å². The second-order valence-electron chi connectivity index (χ2n) is 9.35. The first-order valence-electron chi connectivity index (χ1n) is 10.5. The third-order valence-electron chi connectivity index (χ3n) is 7.10. The third-order valence-corrected chi connectivity index (χ3v) is 7.10. The van der Waals surface area contributed by atoms with Gasteiger partial charge in [0.25, 0.3) is 5.91 Å². The Balaban J connectivity index is 1.36. The first-order valence-corrected chi connectivity index (χ1v) is 10.5. The fraction of sp³-hybridized carbons (Fsp3) is 0.750. The van der Waals surface area contributed by atoms with Crippen LogP contribution in [0.2, 0.25) is 0 Å². The average molecular weight is 426 g/mol. The lowest BCUT2D eigenvalue weighted by molar-refractivity contribution is -0.141. The molecule has 2 unspecified atom stereocenters. The van der Waals surface area contributed by atoms with E-state index in [0.29, 0.717) is 38.4 Å². The molecule has 0 aromatic carbocycles. The number of nitrogens with zero attached hydrogens (tertiary/aromatic N) is 2. The summed E-state index contributed by atoms with van der Waals surface area (Å²) in [5.74, 6) is -0.319. The Hall–Kier alpha value is -1.94. The van der Waals surface area contributed by atoms with E-state index in [2.05, 4.69) is 20.6 Å². The van der Waals surface area contributed by atoms with Crippen molar-refractivity contribution < 1.29 is 27.8 Å². The van der Waals surface area contributed by atoms with Crippen LogP contribution in [0, 0.1) is 17.8 Å². The summed E-state index contributed by atoms with van der Waals surface area (Å²) in [7, 11) is 0. The van der Waals surface area contributed by atoms with Crippen molar-refractivity contribution in [2.45, 2.75) is 62.4 Å². The van der Waals surface area contributed by atoms with Gasteiger partial charge in [-0.25, -0.2) is 9.97 Å². The maximum Gasteiger partial charge on any atom is 0.434 e. The summed E-state index contributed by atoms with van der Waals surface area (Å²) in [5, 5.41) is 16.3. The molecule has 10 heteroatoms. The van der Waals surface area contributed by atoms with Gasteiger partial charge < -0.3 is 20.5 Å². The molecule has 4 aliphatic carbocycles. The highest BCUT2D eigenvalue weighted by Gasteiger charge is 2.55. The minimum absolute atomic E-state index is 0.101. The number of hydrogen-bond donors (Lipinski definition) is 3. The number of anilines is 1. The van der Waals surface area contributed by atoms with Crippen LogP contribution in [0.3, 0.4) is 0 Å². The summed E-state index contributed by atoms with van der Waals surface area (Å²) < 4.78 is 46.2. The van der Waals surface area contributed by atoms with E-state index < -0.39 is 28.9 Å². The first-order chi connectivity index (χ1) is 14.2. The molecule has 7 nitrogen and oxygen atoms in total. The number of nitrogens with one attached hydrogen (secondary N) is 2. The Morgan fingerprint density at radius 3 is 2.57 bits per heavy atom. The minimum Gasteiger partial charge on any atom is -0.390 e. The number of rotatable bonds is 4. The third kappa shape index (κ3) is 3.64. The molecule has 6 rings (SSSR count). The molecule has 0 spiro atoms. The number of aromatic nitrogens is 2. The maximum atomic E-state index is 13.7. The molecule has 0 radical (unpaired) electrons. The molecule has 2 heterocycles. The highest BCUT2D eigenvalue weighted by Crippen LogP contribution is 2.55. The molecule has 1 aliphatic heterocycles. The monoisotopic (exact) mass is 426 g/mol. The number of alkyl halides is 3. The molecule has 1 amide bonds. The van der Waals surface area contributed by atoms with Gasteiger partial charge in [-0.2, -0.15) is 13.2 Å². The van der Waals surface area contributed by atoms with Gasteiger partial charge in [0, 0.05) is 18.8 Å². The van der Waals surface area contributed by atoms with Crippen LogP contribution in [0.4, 0.5) is 19.1 Å². The highest BCUT2D eigenvalue weighted by atomic mass is 19.4. The minimum atomic E-state index is -4.78. The van der Waals surface area contributed by atoms with Crippen molar-refractivity contribution in [1.82, 2.24) is 15.3 Å². The highest BCUT2D eigenvalue weighted by molar-refractivity contribution is 5.95. The summed E-state index contributed by atoms with van der Waals surface area (Å²) in [5.41, 5.74) is -2.48. The second kappa shape index (κ2) is 7.05. The Morgan fingerprint density at radius 1 is 1.23 bits per heavy atom. The van der Waals surface area contributed by atoms with Crippen molar-refractivity contribution >= 4 is 11.9 Å². The van der Waals surface area contributed by atoms with Gasteiger partial charge in [0.2, 0.25) is 5.95 Å². The van der Waals surface area contributed by atoms with Crippen molar-refractivity contribution in [2.75, 3.05) is 18.5 Å². The Kier molecular flexibility index (Phi) is 4.70. The standard InChI is InChI=1S/C20H25F3N4O3/c21-20(22,23)16-14(8-24-18(27-16)25-13-1-2-30-9-13)17(28)26-15-11-3-10-4-12(15)7-19(29,5-10)6-11/h8,10-13,15,29H,1-7,9H2,(H,26,28)(H,24,25,27)/t10?,11?,12?,13-,15?,19?/m1/s1. The number of carbonyl (C=O) groups excluding carboxylic acids is 1. The molecule has 1 saturated heterocycles. The van der Waals surface area contributed by atoms with E-state index in [4.69, 9.17) is 4.74 Å². The van der Waals surface area contributed by atoms with Gasteiger partial charge in [-0.3, -0.25) is 4.79 Å². The summed E-state index contributed by atoms with van der Waals surface area (Å²) in [6, 6.07) is -0.367. The molecule has 1 aromatic heterocycles. The number of aliphatic hydroxyl groups is 1. The molecule has 1 aromatic rings. The maximum absolute atomic E-state index is 13.7. The van der Waals surface area contributed by atoms with Crippen molar-refractivity contribution in [3.8, 4) is 0 Å². The summed E-state index contributed by atoms with van der Waals surface area (Å²) in [4.78, 5) is 20.4. The van der Waals surface area contributed by atoms with Crippen molar-refractivity contribution in [2.24, 2.45) is 17.8 Å². The van der Waals surface area contributed by atoms with E-state index in [1.54, 1.807) is 0 Å². The summed E-state index contributed by atoms with van der Waals surface area (Å²) >= 11 is 0. The molecule has 4 saturated carbocycles. The smallest absolute Gasteiger partial charge is 0.390 e. The zero-order valence-corrected chi connectivity index (χ0v) is 16.4. The molecule has 3 N–H and O–H groups in total. The van der Waals surface area contributed by atoms with Crippen LogP contribution in [-0.4, -0.2) is 51.9 Å². The molecule has 5 aliphatic rings. The summed E-state index contributed by atoms with van der Waals surface area (Å²) in [6.07, 6.45) is 0.625. The molecule has 4 bridgehead atoms. The van der Waals surface area contributed by atoms with E-state index >= 15 is 0 Å². The van der Waals surface area contributed by atoms with Crippen LogP contribution in [-0.2, 0) is 10.9 Å². The van der Waals surface area contributed by atoms with Crippen molar-refractivity contribution in [3.05, 3.63) is 17.5 Å². The van der Waals surface area contributed by atoms with E-state index in [9.17, 15) is 23.1 Å². The number of halogens is 3. The fourth-order valence-corrected chi connectivity index (χ4v) is 6.11. The predicted octanol–water partition coefficient (Wildman–Crippen LogP) is 2.37. The number of ether oxygens (including phenoxy) is 1. The van der Waals surface area contributed by atoms with Crippen LogP contribution >= 0.6 is 0 Å². The number of carbonyl (C=O) groups is 1.